The van der Waals surface area contributed by atoms with Crippen molar-refractivity contribution in [3.05, 3.63) is 41.5 Å². The van der Waals surface area contributed by atoms with Crippen molar-refractivity contribution < 1.29 is 4.79 Å². The molecule has 1 aliphatic rings. The van der Waals surface area contributed by atoms with Gasteiger partial charge in [-0.1, -0.05) is 30.3 Å². The minimum absolute atomic E-state index is 0.103. The quantitative estimate of drug-likeness (QED) is 0.797. The van der Waals surface area contributed by atoms with Crippen LogP contribution in [-0.4, -0.2) is 29.0 Å². The molecule has 0 unspecified atom stereocenters. The third-order valence-corrected chi connectivity index (χ3v) is 5.37. The molecule has 1 fully saturated rings. The van der Waals surface area contributed by atoms with Crippen LogP contribution in [0.25, 0.3) is 21.3 Å². The molecule has 3 heterocycles. The van der Waals surface area contributed by atoms with Gasteiger partial charge < -0.3 is 10.6 Å². The second-order valence-corrected chi connectivity index (χ2v) is 6.98. The Morgan fingerprint density at radius 2 is 2.08 bits per heavy atom. The number of nitrogens with two attached hydrogens (primary N) is 1. The summed E-state index contributed by atoms with van der Waals surface area (Å²) in [7, 11) is 0. The van der Waals surface area contributed by atoms with E-state index in [2.05, 4.69) is 27.4 Å². The molecule has 1 saturated heterocycles. The van der Waals surface area contributed by atoms with Gasteiger partial charge in [0, 0.05) is 24.0 Å². The standard InChI is InChI=1S/C18H18N4OS/c1-11-20-17(22-8-7-13(9-22)16(19)23)15-14(10-24-18(15)21-11)12-5-3-2-4-6-12/h2-6,10,13H,7-9H2,1H3,(H2,19,23)/t13-/m0/s1. The smallest absolute Gasteiger partial charge is 0.222 e. The van der Waals surface area contributed by atoms with Gasteiger partial charge in [0.25, 0.3) is 0 Å². The van der Waals surface area contributed by atoms with Gasteiger partial charge in [0.2, 0.25) is 5.91 Å². The number of aromatic nitrogens is 2. The molecule has 2 aromatic heterocycles. The van der Waals surface area contributed by atoms with Crippen molar-refractivity contribution in [3.8, 4) is 11.1 Å². The zero-order chi connectivity index (χ0) is 16.7. The Hall–Kier alpha value is -2.47. The summed E-state index contributed by atoms with van der Waals surface area (Å²) in [6.45, 7) is 3.33. The SMILES string of the molecule is Cc1nc(N2CC[C@H](C(N)=O)C2)c2c(-c3ccccc3)csc2n1. The van der Waals surface area contributed by atoms with Crippen LogP contribution < -0.4 is 10.6 Å². The minimum Gasteiger partial charge on any atom is -0.369 e. The number of aryl methyl sites for hydroxylation is 1. The monoisotopic (exact) mass is 338 g/mol. The van der Waals surface area contributed by atoms with E-state index in [9.17, 15) is 4.79 Å². The number of amides is 1. The molecule has 24 heavy (non-hydrogen) atoms. The lowest BCUT2D eigenvalue weighted by Crippen LogP contribution is -2.28. The highest BCUT2D eigenvalue weighted by atomic mass is 32.1. The van der Waals surface area contributed by atoms with Crippen LogP contribution in [0.4, 0.5) is 5.82 Å². The highest BCUT2D eigenvalue weighted by Crippen LogP contribution is 2.39. The predicted molar refractivity (Wildman–Crippen MR) is 97.1 cm³/mol. The van der Waals surface area contributed by atoms with Gasteiger partial charge in [0.15, 0.2) is 0 Å². The lowest BCUT2D eigenvalue weighted by molar-refractivity contribution is -0.121. The van der Waals surface area contributed by atoms with Gasteiger partial charge in [-0.25, -0.2) is 9.97 Å². The molecule has 5 nitrogen and oxygen atoms in total. The first-order valence-electron chi connectivity index (χ1n) is 7.99. The summed E-state index contributed by atoms with van der Waals surface area (Å²) in [5.74, 6) is 1.34. The lowest BCUT2D eigenvalue weighted by Gasteiger charge is -2.19. The van der Waals surface area contributed by atoms with Gasteiger partial charge in [0.1, 0.15) is 16.5 Å². The maximum atomic E-state index is 11.5. The van der Waals surface area contributed by atoms with E-state index in [1.165, 1.54) is 0 Å². The third-order valence-electron chi connectivity index (χ3n) is 4.50. The summed E-state index contributed by atoms with van der Waals surface area (Å²) in [5, 5.41) is 3.21. The van der Waals surface area contributed by atoms with Crippen molar-refractivity contribution in [1.29, 1.82) is 0 Å². The van der Waals surface area contributed by atoms with E-state index in [-0.39, 0.29) is 11.8 Å². The fourth-order valence-corrected chi connectivity index (χ4v) is 4.26. The van der Waals surface area contributed by atoms with Crippen molar-refractivity contribution in [2.75, 3.05) is 18.0 Å². The largest absolute Gasteiger partial charge is 0.369 e. The van der Waals surface area contributed by atoms with Gasteiger partial charge in [-0.05, 0) is 18.9 Å². The van der Waals surface area contributed by atoms with Crippen molar-refractivity contribution in [3.63, 3.8) is 0 Å². The molecule has 4 rings (SSSR count). The molecule has 122 valence electrons. The first kappa shape index (κ1) is 15.1. The van der Waals surface area contributed by atoms with Crippen molar-refractivity contribution >= 4 is 33.3 Å². The van der Waals surface area contributed by atoms with Crippen LogP contribution in [0.3, 0.4) is 0 Å². The molecule has 0 spiro atoms. The topological polar surface area (TPSA) is 72.1 Å². The minimum atomic E-state index is -0.229. The Morgan fingerprint density at radius 3 is 2.79 bits per heavy atom. The van der Waals surface area contributed by atoms with E-state index in [1.54, 1.807) is 11.3 Å². The van der Waals surface area contributed by atoms with Crippen LogP contribution in [0, 0.1) is 12.8 Å². The van der Waals surface area contributed by atoms with E-state index < -0.39 is 0 Å². The molecule has 3 aromatic rings. The van der Waals surface area contributed by atoms with Gasteiger partial charge in [-0.3, -0.25) is 4.79 Å². The molecular formula is C18H18N4OS. The Kier molecular flexibility index (Phi) is 3.69. The number of hydrogen-bond donors (Lipinski definition) is 1. The van der Waals surface area contributed by atoms with Gasteiger partial charge in [0.05, 0.1) is 11.3 Å². The number of hydrogen-bond acceptors (Lipinski definition) is 5. The number of carbonyl (C=O) groups excluding carboxylic acids is 1. The zero-order valence-electron chi connectivity index (χ0n) is 13.4. The summed E-state index contributed by atoms with van der Waals surface area (Å²) in [4.78, 5) is 24.0. The first-order valence-corrected chi connectivity index (χ1v) is 8.87. The average molecular weight is 338 g/mol. The van der Waals surface area contributed by atoms with Crippen molar-refractivity contribution in [2.45, 2.75) is 13.3 Å². The summed E-state index contributed by atoms with van der Waals surface area (Å²) in [6, 6.07) is 10.3. The Morgan fingerprint density at radius 1 is 1.29 bits per heavy atom. The number of rotatable bonds is 3. The van der Waals surface area contributed by atoms with Crippen LogP contribution in [0.5, 0.6) is 0 Å². The van der Waals surface area contributed by atoms with Crippen LogP contribution in [0.1, 0.15) is 12.2 Å². The maximum absolute atomic E-state index is 11.5. The highest BCUT2D eigenvalue weighted by molar-refractivity contribution is 7.17. The molecule has 1 atom stereocenters. The van der Waals surface area contributed by atoms with Crippen LogP contribution in [0.15, 0.2) is 35.7 Å². The lowest BCUT2D eigenvalue weighted by atomic mass is 10.1. The van der Waals surface area contributed by atoms with E-state index >= 15 is 0 Å². The molecule has 1 aliphatic heterocycles. The third kappa shape index (κ3) is 2.53. The molecule has 0 saturated carbocycles. The van der Waals surface area contributed by atoms with Crippen LogP contribution in [0.2, 0.25) is 0 Å². The molecule has 0 aliphatic carbocycles. The number of benzene rings is 1. The molecule has 1 aromatic carbocycles. The van der Waals surface area contributed by atoms with Crippen LogP contribution >= 0.6 is 11.3 Å². The fourth-order valence-electron chi connectivity index (χ4n) is 3.27. The van der Waals surface area contributed by atoms with Gasteiger partial charge >= 0.3 is 0 Å². The first-order chi connectivity index (χ1) is 11.6. The summed E-state index contributed by atoms with van der Waals surface area (Å²) in [5.41, 5.74) is 7.79. The molecule has 1 amide bonds. The number of thiophene rings is 1. The van der Waals surface area contributed by atoms with Gasteiger partial charge in [-0.15, -0.1) is 11.3 Å². The number of carbonyl (C=O) groups is 1. The Balaban J connectivity index is 1.86. The maximum Gasteiger partial charge on any atom is 0.222 e. The number of fused-ring (bicyclic) bond motifs is 1. The number of primary amides is 1. The van der Waals surface area contributed by atoms with E-state index in [4.69, 9.17) is 10.7 Å². The molecular weight excluding hydrogens is 320 g/mol. The number of anilines is 1. The van der Waals surface area contributed by atoms with Gasteiger partial charge in [-0.2, -0.15) is 0 Å². The van der Waals surface area contributed by atoms with Crippen LogP contribution in [-0.2, 0) is 4.79 Å². The summed E-state index contributed by atoms with van der Waals surface area (Å²) >= 11 is 1.63. The molecule has 2 N–H and O–H groups in total. The van der Waals surface area contributed by atoms with E-state index in [1.807, 2.05) is 25.1 Å². The molecule has 0 bridgehead atoms. The average Bonchev–Trinajstić information content (AvgIpc) is 3.22. The highest BCUT2D eigenvalue weighted by Gasteiger charge is 2.29. The fraction of sp³-hybridized carbons (Fsp3) is 0.278. The Bertz CT molecular complexity index is 906. The van der Waals surface area contributed by atoms with E-state index in [0.29, 0.717) is 6.54 Å². The second kappa shape index (κ2) is 5.87. The predicted octanol–water partition coefficient (Wildman–Crippen LogP) is 2.98. The Labute approximate surface area is 144 Å². The second-order valence-electron chi connectivity index (χ2n) is 6.12. The molecule has 0 radical (unpaired) electrons. The zero-order valence-corrected chi connectivity index (χ0v) is 14.2. The van der Waals surface area contributed by atoms with Crippen molar-refractivity contribution in [1.82, 2.24) is 9.97 Å². The van der Waals surface area contributed by atoms with E-state index in [0.717, 1.165) is 46.0 Å². The summed E-state index contributed by atoms with van der Waals surface area (Å²) < 4.78 is 0. The normalized spacial score (nSPS) is 17.5. The molecule has 6 heteroatoms. The number of nitrogens with zero attached hydrogens (tertiary/aromatic N) is 3. The summed E-state index contributed by atoms with van der Waals surface area (Å²) in [6.07, 6.45) is 0.782. The van der Waals surface area contributed by atoms with Crippen molar-refractivity contribution in [2.24, 2.45) is 11.7 Å².